The van der Waals surface area contributed by atoms with Gasteiger partial charge >= 0.3 is 0 Å². The minimum Gasteiger partial charge on any atom is -0.622 e. The summed E-state index contributed by atoms with van der Waals surface area (Å²) in [6, 6.07) is 9.73. The Labute approximate surface area is 108 Å². The van der Waals surface area contributed by atoms with E-state index in [9.17, 15) is 5.21 Å². The molecular formula is C14H20N2O2. The fraction of sp³-hybridized carbons (Fsp3) is 0.500. The maximum Gasteiger partial charge on any atom is 0.245 e. The molecule has 4 nitrogen and oxygen atoms in total. The second-order valence-electron chi connectivity index (χ2n) is 5.54. The van der Waals surface area contributed by atoms with Crippen molar-refractivity contribution in [3.05, 3.63) is 41.1 Å². The second-order valence-corrected chi connectivity index (χ2v) is 5.54. The van der Waals surface area contributed by atoms with Crippen LogP contribution in [0.4, 0.5) is 0 Å². The molecule has 0 spiro atoms. The molecule has 0 amide bonds. The van der Waals surface area contributed by atoms with Crippen molar-refractivity contribution in [2.75, 3.05) is 7.11 Å². The molecule has 2 rings (SSSR count). The Morgan fingerprint density at radius 2 is 1.67 bits per heavy atom. The lowest BCUT2D eigenvalue weighted by Crippen LogP contribution is -2.52. The Morgan fingerprint density at radius 3 is 2.11 bits per heavy atom. The molecule has 18 heavy (non-hydrogen) atoms. The van der Waals surface area contributed by atoms with Crippen molar-refractivity contribution in [3.8, 4) is 0 Å². The molecule has 0 aliphatic carbocycles. The largest absolute Gasteiger partial charge is 0.622 e. The van der Waals surface area contributed by atoms with Crippen LogP contribution in [-0.2, 0) is 4.84 Å². The van der Waals surface area contributed by atoms with Crippen molar-refractivity contribution in [3.63, 3.8) is 0 Å². The minimum absolute atomic E-state index is 0.471. The third-order valence-corrected chi connectivity index (χ3v) is 3.51. The summed E-state index contributed by atoms with van der Waals surface area (Å²) in [7, 11) is 1.60. The Hall–Kier alpha value is -1.39. The number of rotatable bonds is 2. The molecule has 1 aromatic rings. The van der Waals surface area contributed by atoms with E-state index < -0.39 is 11.2 Å². The first kappa shape index (κ1) is 13.1. The molecule has 0 unspecified atom stereocenters. The second kappa shape index (κ2) is 4.07. The third kappa shape index (κ3) is 1.64. The first-order chi connectivity index (χ1) is 8.33. The van der Waals surface area contributed by atoms with E-state index in [0.717, 1.165) is 16.0 Å². The molecule has 0 bridgehead atoms. The number of hydrogen-bond donors (Lipinski definition) is 0. The molecule has 0 atom stereocenters. The maximum atomic E-state index is 12.6. The van der Waals surface area contributed by atoms with Crippen LogP contribution in [0.2, 0.25) is 0 Å². The quantitative estimate of drug-likeness (QED) is 0.596. The summed E-state index contributed by atoms with van der Waals surface area (Å²) in [5.41, 5.74) is 0.477. The first-order valence-corrected chi connectivity index (χ1v) is 6.08. The van der Waals surface area contributed by atoms with Crippen molar-refractivity contribution in [2.24, 2.45) is 0 Å². The number of hydrogen-bond acceptors (Lipinski definition) is 3. The van der Waals surface area contributed by atoms with Crippen molar-refractivity contribution in [2.45, 2.75) is 38.9 Å². The molecule has 1 aliphatic rings. The van der Waals surface area contributed by atoms with Gasteiger partial charge in [-0.15, -0.1) is 5.06 Å². The summed E-state index contributed by atoms with van der Waals surface area (Å²) >= 11 is 0. The molecule has 98 valence electrons. The van der Waals surface area contributed by atoms with Gasteiger partial charge in [-0.3, -0.25) is 4.84 Å². The van der Waals surface area contributed by atoms with E-state index in [2.05, 4.69) is 0 Å². The summed E-state index contributed by atoms with van der Waals surface area (Å²) in [5.74, 6) is 0. The maximum absolute atomic E-state index is 12.6. The highest BCUT2D eigenvalue weighted by atomic mass is 16.7. The summed E-state index contributed by atoms with van der Waals surface area (Å²) in [6.45, 7) is 7.72. The molecule has 4 heteroatoms. The molecule has 0 fully saturated rings. The summed E-state index contributed by atoms with van der Waals surface area (Å²) in [4.78, 5) is 5.43. The highest BCUT2D eigenvalue weighted by Crippen LogP contribution is 2.36. The van der Waals surface area contributed by atoms with E-state index in [1.165, 1.54) is 0 Å². The fourth-order valence-electron chi connectivity index (χ4n) is 2.90. The van der Waals surface area contributed by atoms with Gasteiger partial charge in [0, 0.05) is 19.4 Å². The van der Waals surface area contributed by atoms with Gasteiger partial charge in [0.2, 0.25) is 11.4 Å². The van der Waals surface area contributed by atoms with Crippen molar-refractivity contribution >= 4 is 5.71 Å². The van der Waals surface area contributed by atoms with Gasteiger partial charge in [-0.25, -0.2) is 0 Å². The molecule has 0 aromatic heterocycles. The Morgan fingerprint density at radius 1 is 1.11 bits per heavy atom. The molecule has 0 saturated heterocycles. The molecule has 1 heterocycles. The topological polar surface area (TPSA) is 38.5 Å². The van der Waals surface area contributed by atoms with Gasteiger partial charge in [-0.05, 0) is 26.0 Å². The lowest BCUT2D eigenvalue weighted by atomic mass is 9.93. The van der Waals surface area contributed by atoms with E-state index in [1.807, 2.05) is 58.0 Å². The van der Waals surface area contributed by atoms with Crippen LogP contribution in [0.3, 0.4) is 0 Å². The highest BCUT2D eigenvalue weighted by Gasteiger charge is 2.57. The predicted octanol–water partition coefficient (Wildman–Crippen LogP) is 2.38. The first-order valence-electron chi connectivity index (χ1n) is 6.08. The Bertz CT molecular complexity index is 478. The van der Waals surface area contributed by atoms with E-state index in [1.54, 1.807) is 12.2 Å². The van der Waals surface area contributed by atoms with Crippen LogP contribution in [0.5, 0.6) is 0 Å². The normalized spacial score (nSPS) is 22.5. The smallest absolute Gasteiger partial charge is 0.245 e. The predicted molar refractivity (Wildman–Crippen MR) is 71.2 cm³/mol. The van der Waals surface area contributed by atoms with Crippen LogP contribution < -0.4 is 0 Å². The van der Waals surface area contributed by atoms with Gasteiger partial charge in [-0.2, -0.15) is 4.74 Å². The van der Waals surface area contributed by atoms with E-state index >= 15 is 0 Å². The number of nitrogens with zero attached hydrogens (tertiary/aromatic N) is 2. The van der Waals surface area contributed by atoms with Gasteiger partial charge in [0.25, 0.3) is 0 Å². The van der Waals surface area contributed by atoms with Gasteiger partial charge < -0.3 is 5.21 Å². The zero-order valence-corrected chi connectivity index (χ0v) is 11.6. The van der Waals surface area contributed by atoms with E-state index in [0.29, 0.717) is 0 Å². The Balaban J connectivity index is 2.62. The lowest BCUT2D eigenvalue weighted by molar-refractivity contribution is -0.582. The summed E-state index contributed by atoms with van der Waals surface area (Å²) < 4.78 is 1.05. The van der Waals surface area contributed by atoms with Crippen molar-refractivity contribution in [1.82, 2.24) is 5.06 Å². The van der Waals surface area contributed by atoms with Crippen LogP contribution in [0.25, 0.3) is 0 Å². The minimum atomic E-state index is -0.719. The Kier molecular flexibility index (Phi) is 2.95. The molecular weight excluding hydrogens is 228 g/mol. The van der Waals surface area contributed by atoms with Gasteiger partial charge in [0.05, 0.1) is 7.11 Å². The van der Waals surface area contributed by atoms with Crippen LogP contribution in [0, 0.1) is 5.21 Å². The zero-order valence-electron chi connectivity index (χ0n) is 11.6. The lowest BCUT2D eigenvalue weighted by Gasteiger charge is -2.33. The molecule has 0 N–H and O–H groups in total. The zero-order chi connectivity index (χ0) is 13.6. The number of benzene rings is 1. The fourth-order valence-corrected chi connectivity index (χ4v) is 2.90. The third-order valence-electron chi connectivity index (χ3n) is 3.51. The van der Waals surface area contributed by atoms with Crippen molar-refractivity contribution in [1.29, 1.82) is 0 Å². The average molecular weight is 248 g/mol. The monoisotopic (exact) mass is 248 g/mol. The van der Waals surface area contributed by atoms with Gasteiger partial charge in [0.15, 0.2) is 0 Å². The SMILES string of the molecule is CON1C(C)(C)C(c2ccccc2)=[N+]([O-])C1(C)C. The van der Waals surface area contributed by atoms with Crippen LogP contribution >= 0.6 is 0 Å². The summed E-state index contributed by atoms with van der Waals surface area (Å²) in [5, 5.41) is 14.3. The molecule has 1 aliphatic heterocycles. The average Bonchev–Trinajstić information content (AvgIpc) is 2.43. The van der Waals surface area contributed by atoms with E-state index in [-0.39, 0.29) is 0 Å². The van der Waals surface area contributed by atoms with Crippen molar-refractivity contribution < 1.29 is 9.58 Å². The van der Waals surface area contributed by atoms with Crippen LogP contribution in [0.15, 0.2) is 30.3 Å². The van der Waals surface area contributed by atoms with Crippen LogP contribution in [0.1, 0.15) is 33.3 Å². The van der Waals surface area contributed by atoms with Gasteiger partial charge in [-0.1, -0.05) is 18.2 Å². The molecule has 0 radical (unpaired) electrons. The highest BCUT2D eigenvalue weighted by molar-refractivity contribution is 6.04. The summed E-state index contributed by atoms with van der Waals surface area (Å²) in [6.07, 6.45) is 0. The number of hydroxylamine groups is 3. The molecule has 0 saturated carbocycles. The van der Waals surface area contributed by atoms with E-state index in [4.69, 9.17) is 4.84 Å². The van der Waals surface area contributed by atoms with Gasteiger partial charge in [0.1, 0.15) is 5.54 Å². The standard InChI is InChI=1S/C14H20N2O2/c1-13(2)12(11-9-7-6-8-10-11)15(17)14(3,4)16(13)18-5/h6-10H,1-5H3. The van der Waals surface area contributed by atoms with Crippen LogP contribution in [-0.4, -0.2) is 33.8 Å². The molecule has 1 aromatic carbocycles.